The topological polar surface area (TPSA) is 69.9 Å². The molecule has 1 aromatic heterocycles. The lowest BCUT2D eigenvalue weighted by Gasteiger charge is -2.08. The number of hydrogen-bond acceptors (Lipinski definition) is 5. The van der Waals surface area contributed by atoms with E-state index in [1.165, 1.54) is 0 Å². The lowest BCUT2D eigenvalue weighted by atomic mass is 10.2. The van der Waals surface area contributed by atoms with Gasteiger partial charge in [-0.3, -0.25) is 4.79 Å². The van der Waals surface area contributed by atoms with E-state index in [4.69, 9.17) is 18.6 Å². The van der Waals surface area contributed by atoms with Crippen LogP contribution in [-0.2, 0) is 4.79 Å². The summed E-state index contributed by atoms with van der Waals surface area (Å²) >= 11 is 0. The molecular formula is C17H17NO5. The number of nitrogens with one attached hydrogen (secondary N) is 1. The number of rotatable bonds is 6. The molecule has 23 heavy (non-hydrogen) atoms. The van der Waals surface area contributed by atoms with Crippen LogP contribution in [0.4, 0.5) is 0 Å². The molecule has 0 saturated heterocycles. The number of carbonyl (C=O) groups excluding carboxylic acids is 1. The summed E-state index contributed by atoms with van der Waals surface area (Å²) in [7, 11) is 0. The van der Waals surface area contributed by atoms with E-state index in [0.29, 0.717) is 24.7 Å². The number of furan rings is 1. The van der Waals surface area contributed by atoms with Crippen LogP contribution < -0.4 is 19.5 Å². The van der Waals surface area contributed by atoms with Crippen LogP contribution in [0.25, 0.3) is 0 Å². The first-order chi connectivity index (χ1) is 11.3. The van der Waals surface area contributed by atoms with E-state index in [0.717, 1.165) is 17.9 Å². The highest BCUT2D eigenvalue weighted by Gasteiger charge is 2.45. The highest BCUT2D eigenvalue weighted by molar-refractivity contribution is 5.82. The summed E-state index contributed by atoms with van der Waals surface area (Å²) in [6.45, 7) is 1.12. The Kier molecular flexibility index (Phi) is 3.57. The Bertz CT molecular complexity index is 697. The van der Waals surface area contributed by atoms with E-state index in [1.807, 2.05) is 24.3 Å². The van der Waals surface area contributed by atoms with Crippen LogP contribution in [0.15, 0.2) is 41.0 Å². The molecule has 120 valence electrons. The summed E-state index contributed by atoms with van der Waals surface area (Å²) < 4.78 is 21.5. The standard InChI is InChI=1S/C17H17NO5/c19-17(13-9-12(13)14-2-1-6-21-14)18-5-7-20-11-3-4-15-16(8-11)23-10-22-15/h1-4,6,8,12-13H,5,7,9-10H2,(H,18,19). The van der Waals surface area contributed by atoms with E-state index in [2.05, 4.69) is 5.32 Å². The number of carbonyl (C=O) groups is 1. The second-order valence-corrected chi connectivity index (χ2v) is 5.62. The highest BCUT2D eigenvalue weighted by atomic mass is 16.7. The van der Waals surface area contributed by atoms with Crippen molar-refractivity contribution < 1.29 is 23.4 Å². The average Bonchev–Trinajstić information content (AvgIpc) is 2.99. The Morgan fingerprint density at radius 2 is 2.17 bits per heavy atom. The predicted octanol–water partition coefficient (Wildman–Crippen LogP) is 2.31. The van der Waals surface area contributed by atoms with Crippen molar-refractivity contribution in [2.75, 3.05) is 19.9 Å². The van der Waals surface area contributed by atoms with Gasteiger partial charge < -0.3 is 23.9 Å². The van der Waals surface area contributed by atoms with Gasteiger partial charge in [0.2, 0.25) is 12.7 Å². The maximum atomic E-state index is 12.0. The summed E-state index contributed by atoms with van der Waals surface area (Å²) in [5.74, 6) is 3.30. The zero-order valence-electron chi connectivity index (χ0n) is 12.5. The summed E-state index contributed by atoms with van der Waals surface area (Å²) in [5.41, 5.74) is 0. The summed E-state index contributed by atoms with van der Waals surface area (Å²) in [4.78, 5) is 12.0. The lowest BCUT2D eigenvalue weighted by molar-refractivity contribution is -0.122. The van der Waals surface area contributed by atoms with Gasteiger partial charge in [0, 0.05) is 17.9 Å². The Morgan fingerprint density at radius 3 is 3.04 bits per heavy atom. The molecule has 2 aliphatic rings. The average molecular weight is 315 g/mol. The fourth-order valence-corrected chi connectivity index (χ4v) is 2.74. The molecule has 2 aromatic rings. The first-order valence-corrected chi connectivity index (χ1v) is 7.65. The molecule has 1 amide bonds. The van der Waals surface area contributed by atoms with Crippen LogP contribution in [0.2, 0.25) is 0 Å². The molecule has 0 radical (unpaired) electrons. The number of hydrogen-bond donors (Lipinski definition) is 1. The van der Waals surface area contributed by atoms with Gasteiger partial charge in [-0.1, -0.05) is 0 Å². The molecule has 6 nitrogen and oxygen atoms in total. The summed E-state index contributed by atoms with van der Waals surface area (Å²) in [5, 5.41) is 2.90. The lowest BCUT2D eigenvalue weighted by Crippen LogP contribution is -2.29. The van der Waals surface area contributed by atoms with Crippen LogP contribution >= 0.6 is 0 Å². The van der Waals surface area contributed by atoms with Gasteiger partial charge in [0.25, 0.3) is 0 Å². The molecule has 6 heteroatoms. The van der Waals surface area contributed by atoms with Crippen LogP contribution in [0.1, 0.15) is 18.1 Å². The third kappa shape index (κ3) is 2.97. The van der Waals surface area contributed by atoms with Gasteiger partial charge in [-0.15, -0.1) is 0 Å². The smallest absolute Gasteiger partial charge is 0.231 e. The predicted molar refractivity (Wildman–Crippen MR) is 80.6 cm³/mol. The van der Waals surface area contributed by atoms with E-state index in [-0.39, 0.29) is 24.5 Å². The van der Waals surface area contributed by atoms with Crippen molar-refractivity contribution in [3.63, 3.8) is 0 Å². The first-order valence-electron chi connectivity index (χ1n) is 7.65. The molecule has 0 spiro atoms. The minimum absolute atomic E-state index is 0.0201. The van der Waals surface area contributed by atoms with Gasteiger partial charge in [0.05, 0.1) is 12.8 Å². The molecule has 1 fully saturated rings. The van der Waals surface area contributed by atoms with Crippen molar-refractivity contribution in [3.8, 4) is 17.2 Å². The van der Waals surface area contributed by atoms with Crippen LogP contribution in [0.5, 0.6) is 17.2 Å². The Hall–Kier alpha value is -2.63. The molecular weight excluding hydrogens is 298 g/mol. The fourth-order valence-electron chi connectivity index (χ4n) is 2.74. The molecule has 1 aliphatic heterocycles. The van der Waals surface area contributed by atoms with Gasteiger partial charge in [0.15, 0.2) is 11.5 Å². The highest BCUT2D eigenvalue weighted by Crippen LogP contribution is 2.47. The van der Waals surface area contributed by atoms with Crippen LogP contribution in [0, 0.1) is 5.92 Å². The van der Waals surface area contributed by atoms with Crippen molar-refractivity contribution in [2.24, 2.45) is 5.92 Å². The van der Waals surface area contributed by atoms with Gasteiger partial charge in [-0.2, -0.15) is 0 Å². The monoisotopic (exact) mass is 315 g/mol. The summed E-state index contributed by atoms with van der Waals surface area (Å²) in [6, 6.07) is 9.19. The zero-order valence-corrected chi connectivity index (χ0v) is 12.5. The van der Waals surface area contributed by atoms with Crippen molar-refractivity contribution in [2.45, 2.75) is 12.3 Å². The van der Waals surface area contributed by atoms with E-state index < -0.39 is 0 Å². The van der Waals surface area contributed by atoms with Crippen molar-refractivity contribution >= 4 is 5.91 Å². The Balaban J connectivity index is 1.20. The van der Waals surface area contributed by atoms with Gasteiger partial charge in [0.1, 0.15) is 18.1 Å². The minimum atomic E-state index is 0.0201. The number of benzene rings is 1. The van der Waals surface area contributed by atoms with Crippen LogP contribution in [0.3, 0.4) is 0 Å². The van der Waals surface area contributed by atoms with Gasteiger partial charge in [-0.25, -0.2) is 0 Å². The molecule has 1 N–H and O–H groups in total. The van der Waals surface area contributed by atoms with Gasteiger partial charge in [-0.05, 0) is 30.7 Å². The molecule has 4 rings (SSSR count). The largest absolute Gasteiger partial charge is 0.492 e. The molecule has 0 bridgehead atoms. The minimum Gasteiger partial charge on any atom is -0.492 e. The second-order valence-electron chi connectivity index (χ2n) is 5.62. The summed E-state index contributed by atoms with van der Waals surface area (Å²) in [6.07, 6.45) is 2.49. The SMILES string of the molecule is O=C(NCCOc1ccc2c(c1)OCO2)C1CC1c1ccco1. The fraction of sp³-hybridized carbons (Fsp3) is 0.353. The van der Waals surface area contributed by atoms with Gasteiger partial charge >= 0.3 is 0 Å². The number of ether oxygens (including phenoxy) is 3. The molecule has 2 heterocycles. The van der Waals surface area contributed by atoms with Crippen molar-refractivity contribution in [1.82, 2.24) is 5.32 Å². The first kappa shape index (κ1) is 14.0. The molecule has 2 atom stereocenters. The molecule has 1 aliphatic carbocycles. The Morgan fingerprint density at radius 1 is 1.26 bits per heavy atom. The van der Waals surface area contributed by atoms with E-state index >= 15 is 0 Å². The number of amides is 1. The maximum Gasteiger partial charge on any atom is 0.231 e. The normalized spacial score (nSPS) is 21.0. The Labute approximate surface area is 133 Å². The van der Waals surface area contributed by atoms with E-state index in [1.54, 1.807) is 12.3 Å². The van der Waals surface area contributed by atoms with Crippen molar-refractivity contribution in [3.05, 3.63) is 42.4 Å². The zero-order chi connectivity index (χ0) is 15.6. The van der Waals surface area contributed by atoms with Crippen LogP contribution in [-0.4, -0.2) is 25.9 Å². The van der Waals surface area contributed by atoms with Crippen molar-refractivity contribution in [1.29, 1.82) is 0 Å². The molecule has 1 saturated carbocycles. The third-order valence-corrected chi connectivity index (χ3v) is 4.05. The maximum absolute atomic E-state index is 12.0. The third-order valence-electron chi connectivity index (χ3n) is 4.05. The van der Waals surface area contributed by atoms with E-state index in [9.17, 15) is 4.79 Å². The number of fused-ring (bicyclic) bond motifs is 1. The quantitative estimate of drug-likeness (QED) is 0.828. The second kappa shape index (κ2) is 5.87. The molecule has 2 unspecified atom stereocenters. The molecule has 1 aromatic carbocycles.